The van der Waals surface area contributed by atoms with Crippen LogP contribution >= 0.6 is 11.6 Å². The zero-order valence-electron chi connectivity index (χ0n) is 11.3. The molecule has 1 aliphatic heterocycles. The lowest BCUT2D eigenvalue weighted by Crippen LogP contribution is -2.41. The molecule has 1 N–H and O–H groups in total. The molecule has 0 aliphatic carbocycles. The molecule has 6 nitrogen and oxygen atoms in total. The fourth-order valence-corrected chi connectivity index (χ4v) is 4.84. The molecule has 0 bridgehead atoms. The Balaban J connectivity index is 2.06. The molecular weight excluding hydrogens is 314 g/mol. The molecule has 1 saturated heterocycles. The average Bonchev–Trinajstić information content (AvgIpc) is 2.83. The second-order valence-corrected chi connectivity index (χ2v) is 7.40. The summed E-state index contributed by atoms with van der Waals surface area (Å²) in [4.78, 5) is 4.09. The first kappa shape index (κ1) is 14.8. The highest BCUT2D eigenvalue weighted by Crippen LogP contribution is 2.28. The minimum absolute atomic E-state index is 0.00152. The number of rotatable bonds is 3. The molecule has 1 atom stereocenters. The Hall–Kier alpha value is -1.15. The molecule has 0 amide bonds. The van der Waals surface area contributed by atoms with Crippen molar-refractivity contribution in [3.8, 4) is 0 Å². The van der Waals surface area contributed by atoms with Gasteiger partial charge in [0, 0.05) is 25.9 Å². The Morgan fingerprint density at radius 3 is 3.00 bits per heavy atom. The van der Waals surface area contributed by atoms with E-state index in [4.69, 9.17) is 11.6 Å². The van der Waals surface area contributed by atoms with E-state index >= 15 is 0 Å². The highest BCUT2D eigenvalue weighted by molar-refractivity contribution is 7.89. The second kappa shape index (κ2) is 5.57. The fraction of sp³-hybridized carbons (Fsp3) is 0.462. The lowest BCUT2D eigenvalue weighted by Gasteiger charge is -2.30. The van der Waals surface area contributed by atoms with Crippen LogP contribution in [0, 0.1) is 5.92 Å². The average molecular weight is 330 g/mol. The van der Waals surface area contributed by atoms with Crippen molar-refractivity contribution in [3.05, 3.63) is 29.5 Å². The van der Waals surface area contributed by atoms with Crippen molar-refractivity contribution in [1.29, 1.82) is 0 Å². The van der Waals surface area contributed by atoms with Crippen LogP contribution in [-0.4, -0.2) is 46.9 Å². The molecule has 0 saturated carbocycles. The standard InChI is InChI=1S/C13H16ClN3O3S/c14-12-13(17-7-2-1-5-11(17)15-12)21(19,20)16-6-3-4-10(8-16)9-18/h1-2,5,7,10,18H,3-4,6,8-9H2. The molecule has 3 rings (SSSR count). The van der Waals surface area contributed by atoms with Gasteiger partial charge >= 0.3 is 0 Å². The smallest absolute Gasteiger partial charge is 0.262 e. The summed E-state index contributed by atoms with van der Waals surface area (Å²) < 4.78 is 28.6. The van der Waals surface area contributed by atoms with Gasteiger partial charge in [-0.3, -0.25) is 4.40 Å². The number of sulfonamides is 1. The van der Waals surface area contributed by atoms with Gasteiger partial charge in [0.1, 0.15) is 5.65 Å². The molecule has 1 unspecified atom stereocenters. The van der Waals surface area contributed by atoms with E-state index in [1.54, 1.807) is 24.4 Å². The quantitative estimate of drug-likeness (QED) is 0.923. The van der Waals surface area contributed by atoms with Crippen LogP contribution in [0.3, 0.4) is 0 Å². The first-order chi connectivity index (χ1) is 10.0. The predicted octanol–water partition coefficient (Wildman–Crippen LogP) is 1.38. The van der Waals surface area contributed by atoms with Gasteiger partial charge in [-0.25, -0.2) is 13.4 Å². The normalized spacial score (nSPS) is 21.0. The summed E-state index contributed by atoms with van der Waals surface area (Å²) in [6.07, 6.45) is 3.21. The van der Waals surface area contributed by atoms with Gasteiger partial charge in [0.05, 0.1) is 0 Å². The molecule has 114 valence electrons. The van der Waals surface area contributed by atoms with Gasteiger partial charge in [-0.05, 0) is 30.9 Å². The van der Waals surface area contributed by atoms with E-state index in [1.165, 1.54) is 8.71 Å². The van der Waals surface area contributed by atoms with Gasteiger partial charge in [-0.1, -0.05) is 17.7 Å². The first-order valence-electron chi connectivity index (χ1n) is 6.77. The second-order valence-electron chi connectivity index (χ2n) is 5.19. The van der Waals surface area contributed by atoms with Crippen LogP contribution in [0.4, 0.5) is 0 Å². The number of aliphatic hydroxyl groups excluding tert-OH is 1. The Labute approximate surface area is 128 Å². The van der Waals surface area contributed by atoms with Crippen LogP contribution in [0.25, 0.3) is 5.65 Å². The largest absolute Gasteiger partial charge is 0.396 e. The lowest BCUT2D eigenvalue weighted by atomic mass is 10.0. The highest BCUT2D eigenvalue weighted by Gasteiger charge is 2.34. The van der Waals surface area contributed by atoms with Crippen molar-refractivity contribution < 1.29 is 13.5 Å². The van der Waals surface area contributed by atoms with Gasteiger partial charge in [0.25, 0.3) is 10.0 Å². The van der Waals surface area contributed by atoms with Crippen molar-refractivity contribution in [2.75, 3.05) is 19.7 Å². The molecule has 1 fully saturated rings. The van der Waals surface area contributed by atoms with Crippen molar-refractivity contribution in [2.45, 2.75) is 17.9 Å². The summed E-state index contributed by atoms with van der Waals surface area (Å²) in [5.41, 5.74) is 0.497. The Bertz CT molecular complexity index is 759. The van der Waals surface area contributed by atoms with E-state index in [9.17, 15) is 13.5 Å². The van der Waals surface area contributed by atoms with Crippen molar-refractivity contribution >= 4 is 27.3 Å². The maximum Gasteiger partial charge on any atom is 0.262 e. The molecule has 0 spiro atoms. The van der Waals surface area contributed by atoms with Crippen molar-refractivity contribution in [2.24, 2.45) is 5.92 Å². The van der Waals surface area contributed by atoms with Gasteiger partial charge in [-0.2, -0.15) is 4.31 Å². The number of hydrogen-bond acceptors (Lipinski definition) is 4. The molecule has 1 aliphatic rings. The fourth-order valence-electron chi connectivity index (χ4n) is 2.69. The minimum atomic E-state index is -3.73. The van der Waals surface area contributed by atoms with Gasteiger partial charge in [-0.15, -0.1) is 0 Å². The summed E-state index contributed by atoms with van der Waals surface area (Å²) in [6.45, 7) is 0.747. The van der Waals surface area contributed by atoms with Crippen LogP contribution in [0.15, 0.2) is 29.4 Å². The lowest BCUT2D eigenvalue weighted by molar-refractivity contribution is 0.165. The zero-order valence-corrected chi connectivity index (χ0v) is 12.9. The van der Waals surface area contributed by atoms with Crippen molar-refractivity contribution in [1.82, 2.24) is 13.7 Å². The summed E-state index contributed by atoms with van der Waals surface area (Å²) >= 11 is 6.05. The third-order valence-corrected chi connectivity index (χ3v) is 6.04. The summed E-state index contributed by atoms with van der Waals surface area (Å²) in [5, 5.41) is 9.24. The number of hydrogen-bond donors (Lipinski definition) is 1. The third-order valence-electron chi connectivity index (χ3n) is 3.77. The number of pyridine rings is 1. The number of nitrogens with zero attached hydrogens (tertiary/aromatic N) is 3. The molecule has 21 heavy (non-hydrogen) atoms. The van der Waals surface area contributed by atoms with Crippen LogP contribution in [0.5, 0.6) is 0 Å². The van der Waals surface area contributed by atoms with Crippen molar-refractivity contribution in [3.63, 3.8) is 0 Å². The highest BCUT2D eigenvalue weighted by atomic mass is 35.5. The van der Waals surface area contributed by atoms with E-state index in [2.05, 4.69) is 4.98 Å². The minimum Gasteiger partial charge on any atom is -0.396 e. The maximum absolute atomic E-state index is 12.8. The summed E-state index contributed by atoms with van der Waals surface area (Å²) in [7, 11) is -3.73. The summed E-state index contributed by atoms with van der Waals surface area (Å²) in [6, 6.07) is 5.21. The van der Waals surface area contributed by atoms with E-state index in [0.29, 0.717) is 18.7 Å². The maximum atomic E-state index is 12.8. The molecule has 2 aromatic rings. The number of halogens is 1. The third kappa shape index (κ3) is 2.55. The zero-order chi connectivity index (χ0) is 15.0. The molecule has 2 aromatic heterocycles. The molecule has 8 heteroatoms. The first-order valence-corrected chi connectivity index (χ1v) is 8.59. The molecule has 0 radical (unpaired) electrons. The predicted molar refractivity (Wildman–Crippen MR) is 78.8 cm³/mol. The van der Waals surface area contributed by atoms with Crippen LogP contribution in [0.1, 0.15) is 12.8 Å². The van der Waals surface area contributed by atoms with E-state index in [-0.39, 0.29) is 22.7 Å². The van der Waals surface area contributed by atoms with Gasteiger partial charge in [0.15, 0.2) is 10.2 Å². The number of aliphatic hydroxyl groups is 1. The topological polar surface area (TPSA) is 74.9 Å². The van der Waals surface area contributed by atoms with Crippen LogP contribution in [-0.2, 0) is 10.0 Å². The molecule has 3 heterocycles. The van der Waals surface area contributed by atoms with E-state index < -0.39 is 10.0 Å². The Kier molecular flexibility index (Phi) is 3.92. The van der Waals surface area contributed by atoms with Crippen LogP contribution in [0.2, 0.25) is 5.15 Å². The molecular formula is C13H16ClN3O3S. The van der Waals surface area contributed by atoms with E-state index in [1.807, 2.05) is 0 Å². The van der Waals surface area contributed by atoms with Gasteiger partial charge in [0.2, 0.25) is 0 Å². The molecule has 0 aromatic carbocycles. The van der Waals surface area contributed by atoms with Crippen LogP contribution < -0.4 is 0 Å². The summed E-state index contributed by atoms with van der Waals surface area (Å²) in [5.74, 6) is -0.0218. The number of fused-ring (bicyclic) bond motifs is 1. The Morgan fingerprint density at radius 2 is 2.24 bits per heavy atom. The monoisotopic (exact) mass is 329 g/mol. The number of imidazole rings is 1. The number of piperidine rings is 1. The SMILES string of the molecule is O=S(=O)(c1c(Cl)nc2ccccn12)N1CCCC(CO)C1. The Morgan fingerprint density at radius 1 is 1.43 bits per heavy atom. The van der Waals surface area contributed by atoms with Gasteiger partial charge < -0.3 is 5.11 Å². The van der Waals surface area contributed by atoms with E-state index in [0.717, 1.165) is 12.8 Å². The number of aromatic nitrogens is 2.